The molecule has 1 aromatic carbocycles. The molecule has 1 aliphatic heterocycles. The summed E-state index contributed by atoms with van der Waals surface area (Å²) in [6, 6.07) is 5.29. The number of methoxy groups -OCH3 is 1. The Morgan fingerprint density at radius 1 is 0.897 bits per heavy atom. The van der Waals surface area contributed by atoms with Crippen LogP contribution in [0, 0.1) is 23.2 Å². The van der Waals surface area contributed by atoms with E-state index < -0.39 is 53.6 Å². The first-order chi connectivity index (χ1) is 26.8. The van der Waals surface area contributed by atoms with E-state index in [0.29, 0.717) is 48.8 Å². The lowest BCUT2D eigenvalue weighted by Gasteiger charge is -2.64. The molecule has 0 radical (unpaired) electrons. The Hall–Kier alpha value is -3.52. The molecule has 0 spiro atoms. The first-order valence-electron chi connectivity index (χ1n) is 21.3. The van der Waals surface area contributed by atoms with Crippen LogP contribution in [0.1, 0.15) is 144 Å². The maximum atomic E-state index is 14.0. The number of carbonyl (C=O) groups is 4. The Morgan fingerprint density at radius 3 is 2.12 bits per heavy atom. The number of benzene rings is 1. The van der Waals surface area contributed by atoms with Crippen molar-refractivity contribution in [2.24, 2.45) is 23.2 Å². The van der Waals surface area contributed by atoms with Gasteiger partial charge in [0, 0.05) is 25.6 Å². The number of rotatable bonds is 12. The van der Waals surface area contributed by atoms with Gasteiger partial charge in [0.25, 0.3) is 0 Å². The zero-order valence-corrected chi connectivity index (χ0v) is 37.4. The van der Waals surface area contributed by atoms with Gasteiger partial charge in [-0.15, -0.1) is 0 Å². The Kier molecular flexibility index (Phi) is 13.5. The maximum Gasteiger partial charge on any atom is 0.482 e. The number of nitrogens with zero attached hydrogens (tertiary/aromatic N) is 1. The maximum absolute atomic E-state index is 14.0. The van der Waals surface area contributed by atoms with E-state index in [1.807, 2.05) is 47.6 Å². The Morgan fingerprint density at radius 2 is 1.53 bits per heavy atom. The van der Waals surface area contributed by atoms with Crippen LogP contribution in [0.4, 0.5) is 9.59 Å². The third kappa shape index (κ3) is 11.0. The van der Waals surface area contributed by atoms with Gasteiger partial charge in [-0.3, -0.25) is 4.79 Å². The molecule has 2 N–H and O–H groups in total. The largest absolute Gasteiger partial charge is 0.496 e. The summed E-state index contributed by atoms with van der Waals surface area (Å²) < 4.78 is 36.3. The smallest absolute Gasteiger partial charge is 0.482 e. The molecule has 5 aliphatic rings. The fourth-order valence-corrected chi connectivity index (χ4v) is 9.53. The van der Waals surface area contributed by atoms with E-state index in [9.17, 15) is 19.2 Å². The van der Waals surface area contributed by atoms with Gasteiger partial charge in [0.2, 0.25) is 5.91 Å². The number of hydrogen-bond donors (Lipinski definition) is 2. The quantitative estimate of drug-likeness (QED) is 0.122. The van der Waals surface area contributed by atoms with Gasteiger partial charge in [0.1, 0.15) is 28.1 Å². The molecular weight excluding hydrogens is 741 g/mol. The standard InChI is InChI=1S/C44H70BN3O10/c1-40(2,3)54-37(50)31-16-14-15-28(36(31)53-13)24-34(45-57-33-26-29-25-32(43(29,10)11)44(33,12)58-45)47-35(49)23-27-17-19-30(20-18-27)48(39(52)56-42(7,8)9)22-21-46-38(51)55-41(4,5)6/h14-16,27,29-30,32-34H,17-26H2,1-13H3,(H,46,51)(H,47,49)/t27?,29-,30?,32-,33+,34?,44-/m0/s1. The molecule has 1 aromatic rings. The molecule has 1 saturated heterocycles. The average molecular weight is 812 g/mol. The molecule has 324 valence electrons. The van der Waals surface area contributed by atoms with E-state index >= 15 is 0 Å². The van der Waals surface area contributed by atoms with Crippen LogP contribution in [-0.4, -0.2) is 96.8 Å². The van der Waals surface area contributed by atoms with E-state index in [-0.39, 0.29) is 42.5 Å². The highest BCUT2D eigenvalue weighted by Crippen LogP contribution is 2.65. The second-order valence-electron chi connectivity index (χ2n) is 20.7. The molecule has 0 aromatic heterocycles. The molecule has 14 heteroatoms. The second-order valence-corrected chi connectivity index (χ2v) is 20.7. The number of carbonyl (C=O) groups excluding carboxylic acids is 4. The molecule has 58 heavy (non-hydrogen) atoms. The van der Waals surface area contributed by atoms with Crippen LogP contribution in [0.2, 0.25) is 0 Å². The number of hydrogen-bond acceptors (Lipinski definition) is 10. The lowest BCUT2D eigenvalue weighted by Crippen LogP contribution is -2.65. The summed E-state index contributed by atoms with van der Waals surface area (Å²) in [4.78, 5) is 54.7. The second kappa shape index (κ2) is 17.2. The van der Waals surface area contributed by atoms with E-state index in [4.69, 9.17) is 28.3 Å². The minimum absolute atomic E-state index is 0.0776. The van der Waals surface area contributed by atoms with Gasteiger partial charge in [-0.25, -0.2) is 14.4 Å². The van der Waals surface area contributed by atoms with Crippen molar-refractivity contribution >= 4 is 31.2 Å². The zero-order chi connectivity index (χ0) is 43.0. The highest BCUT2D eigenvalue weighted by atomic mass is 16.7. The lowest BCUT2D eigenvalue weighted by molar-refractivity contribution is -0.199. The van der Waals surface area contributed by atoms with Crippen LogP contribution >= 0.6 is 0 Å². The van der Waals surface area contributed by atoms with Crippen molar-refractivity contribution in [3.8, 4) is 5.75 Å². The van der Waals surface area contributed by atoms with Crippen molar-refractivity contribution in [3.63, 3.8) is 0 Å². The molecule has 3 amide bonds. The van der Waals surface area contributed by atoms with Gasteiger partial charge in [-0.1, -0.05) is 26.0 Å². The SMILES string of the molecule is COc1c(CC(NC(=O)CC2CCC(N(CCNC(=O)OC(C)(C)C)C(=O)OC(C)(C)C)CC2)B2O[C@@H]3C[C@@H]4C[C@@H](C4(C)C)[C@]3(C)O2)cccc1C(=O)OC(C)(C)C. The van der Waals surface area contributed by atoms with Gasteiger partial charge in [-0.05, 0) is 149 Å². The average Bonchev–Trinajstić information content (AvgIpc) is 3.45. The summed E-state index contributed by atoms with van der Waals surface area (Å²) in [6.07, 6.45) is 4.44. The summed E-state index contributed by atoms with van der Waals surface area (Å²) in [6.45, 7) is 23.6. The highest BCUT2D eigenvalue weighted by molar-refractivity contribution is 6.48. The summed E-state index contributed by atoms with van der Waals surface area (Å²) in [7, 11) is 0.836. The van der Waals surface area contributed by atoms with Crippen molar-refractivity contribution in [3.05, 3.63) is 29.3 Å². The van der Waals surface area contributed by atoms with Crippen LogP contribution in [0.3, 0.4) is 0 Å². The number of para-hydroxylation sites is 1. The molecule has 5 atom stereocenters. The number of ether oxygens (including phenoxy) is 4. The summed E-state index contributed by atoms with van der Waals surface area (Å²) in [5.41, 5.74) is -1.28. The van der Waals surface area contributed by atoms with Crippen molar-refractivity contribution in [1.82, 2.24) is 15.5 Å². The number of nitrogens with one attached hydrogen (secondary N) is 2. The molecule has 6 rings (SSSR count). The van der Waals surface area contributed by atoms with Gasteiger partial charge < -0.3 is 43.8 Å². The predicted octanol–water partition coefficient (Wildman–Crippen LogP) is 7.66. The fourth-order valence-electron chi connectivity index (χ4n) is 9.53. The van der Waals surface area contributed by atoms with Gasteiger partial charge in [0.15, 0.2) is 0 Å². The topological polar surface area (TPSA) is 151 Å². The van der Waals surface area contributed by atoms with Gasteiger partial charge >= 0.3 is 25.3 Å². The summed E-state index contributed by atoms with van der Waals surface area (Å²) in [5.74, 6) is 0.252. The summed E-state index contributed by atoms with van der Waals surface area (Å²) >= 11 is 0. The van der Waals surface area contributed by atoms with Crippen LogP contribution in [0.5, 0.6) is 5.75 Å². The minimum Gasteiger partial charge on any atom is -0.496 e. The predicted molar refractivity (Wildman–Crippen MR) is 221 cm³/mol. The first-order valence-corrected chi connectivity index (χ1v) is 21.3. The molecule has 4 saturated carbocycles. The van der Waals surface area contributed by atoms with E-state index in [0.717, 1.165) is 31.2 Å². The van der Waals surface area contributed by atoms with E-state index in [2.05, 4.69) is 31.4 Å². The van der Waals surface area contributed by atoms with Crippen molar-refractivity contribution in [2.75, 3.05) is 20.2 Å². The van der Waals surface area contributed by atoms with Crippen molar-refractivity contribution in [2.45, 2.75) is 175 Å². The van der Waals surface area contributed by atoms with Crippen LogP contribution < -0.4 is 15.4 Å². The molecule has 2 bridgehead atoms. The van der Waals surface area contributed by atoms with Crippen LogP contribution in [0.25, 0.3) is 0 Å². The normalized spacial score (nSPS) is 27.0. The molecule has 5 fully saturated rings. The third-order valence-corrected chi connectivity index (χ3v) is 12.4. The molecule has 1 heterocycles. The van der Waals surface area contributed by atoms with Crippen molar-refractivity contribution < 1.29 is 47.4 Å². The van der Waals surface area contributed by atoms with Crippen LogP contribution in [-0.2, 0) is 34.7 Å². The summed E-state index contributed by atoms with van der Waals surface area (Å²) in [5, 5.41) is 6.06. The Balaban J connectivity index is 1.28. The number of amides is 3. The van der Waals surface area contributed by atoms with Crippen molar-refractivity contribution in [1.29, 1.82) is 0 Å². The monoisotopic (exact) mass is 812 g/mol. The molecular formula is C44H70BN3O10. The number of alkyl carbamates (subject to hydrolysis) is 1. The zero-order valence-electron chi connectivity index (χ0n) is 37.4. The first kappa shape index (κ1) is 45.6. The van der Waals surface area contributed by atoms with Crippen LogP contribution in [0.15, 0.2) is 18.2 Å². The third-order valence-electron chi connectivity index (χ3n) is 12.4. The molecule has 13 nitrogen and oxygen atoms in total. The highest BCUT2D eigenvalue weighted by Gasteiger charge is 2.68. The van der Waals surface area contributed by atoms with E-state index in [1.165, 1.54) is 7.11 Å². The van der Waals surface area contributed by atoms with Gasteiger partial charge in [0.05, 0.1) is 24.8 Å². The molecule has 4 aliphatic carbocycles. The number of esters is 1. The Bertz CT molecular complexity index is 1660. The Labute approximate surface area is 346 Å². The van der Waals surface area contributed by atoms with Gasteiger partial charge in [-0.2, -0.15) is 0 Å². The molecule has 1 unspecified atom stereocenters. The van der Waals surface area contributed by atoms with E-state index in [1.54, 1.807) is 37.8 Å². The lowest BCUT2D eigenvalue weighted by atomic mass is 9.43. The minimum atomic E-state index is -0.698. The fraction of sp³-hybridized carbons (Fsp3) is 0.773.